The second-order valence-corrected chi connectivity index (χ2v) is 5.10. The summed E-state index contributed by atoms with van der Waals surface area (Å²) >= 11 is 0. The topological polar surface area (TPSA) is 57.6 Å². The fourth-order valence-electron chi connectivity index (χ4n) is 2.52. The van der Waals surface area contributed by atoms with Crippen LogP contribution >= 0.6 is 0 Å². The molecule has 0 radical (unpaired) electrons. The maximum atomic E-state index is 11.7. The normalized spacial score (nSPS) is 19.1. The molecule has 16 heavy (non-hydrogen) atoms. The van der Waals surface area contributed by atoms with Gasteiger partial charge in [0.25, 0.3) is 0 Å². The Bertz CT molecular complexity index is 267. The molecule has 92 valence electrons. The van der Waals surface area contributed by atoms with E-state index in [1.54, 1.807) is 19.0 Å². The summed E-state index contributed by atoms with van der Waals surface area (Å²) in [6, 6.07) is 0. The quantitative estimate of drug-likeness (QED) is 0.798. The molecule has 0 spiro atoms. The van der Waals surface area contributed by atoms with Crippen molar-refractivity contribution in [3.8, 4) is 0 Å². The van der Waals surface area contributed by atoms with Gasteiger partial charge in [-0.3, -0.25) is 9.59 Å². The lowest BCUT2D eigenvalue weighted by Crippen LogP contribution is -2.34. The third-order valence-corrected chi connectivity index (χ3v) is 3.47. The summed E-state index contributed by atoms with van der Waals surface area (Å²) in [6.45, 7) is 0. The van der Waals surface area contributed by atoms with Crippen molar-refractivity contribution < 1.29 is 14.7 Å². The molecule has 0 aliphatic heterocycles. The van der Waals surface area contributed by atoms with Gasteiger partial charge in [-0.05, 0) is 18.3 Å². The van der Waals surface area contributed by atoms with E-state index >= 15 is 0 Å². The Morgan fingerprint density at radius 1 is 1.12 bits per heavy atom. The highest BCUT2D eigenvalue weighted by Gasteiger charge is 2.36. The maximum absolute atomic E-state index is 11.7. The zero-order valence-electron chi connectivity index (χ0n) is 10.2. The van der Waals surface area contributed by atoms with Crippen molar-refractivity contribution in [2.75, 3.05) is 14.1 Å². The molecule has 0 unspecified atom stereocenters. The summed E-state index contributed by atoms with van der Waals surface area (Å²) in [7, 11) is 3.44. The summed E-state index contributed by atoms with van der Waals surface area (Å²) in [4.78, 5) is 24.2. The summed E-state index contributed by atoms with van der Waals surface area (Å²) in [5.41, 5.74) is -0.286. The zero-order chi connectivity index (χ0) is 12.2. The molecule has 0 aromatic carbocycles. The Kier molecular flexibility index (Phi) is 4.33. The highest BCUT2D eigenvalue weighted by atomic mass is 16.4. The molecule has 0 heterocycles. The van der Waals surface area contributed by atoms with Crippen molar-refractivity contribution in [2.24, 2.45) is 5.41 Å². The molecule has 1 N–H and O–H groups in total. The fraction of sp³-hybridized carbons (Fsp3) is 0.833. The number of amides is 1. The van der Waals surface area contributed by atoms with Gasteiger partial charge in [0.15, 0.2) is 0 Å². The van der Waals surface area contributed by atoms with Gasteiger partial charge in [-0.15, -0.1) is 0 Å². The first-order valence-corrected chi connectivity index (χ1v) is 5.87. The monoisotopic (exact) mass is 227 g/mol. The van der Waals surface area contributed by atoms with Gasteiger partial charge < -0.3 is 10.0 Å². The lowest BCUT2D eigenvalue weighted by Gasteiger charge is -2.36. The largest absolute Gasteiger partial charge is 0.481 e. The van der Waals surface area contributed by atoms with Crippen molar-refractivity contribution >= 4 is 11.9 Å². The highest BCUT2D eigenvalue weighted by Crippen LogP contribution is 2.42. The second-order valence-electron chi connectivity index (χ2n) is 5.10. The second kappa shape index (κ2) is 5.32. The molecule has 4 nitrogen and oxygen atoms in total. The smallest absolute Gasteiger partial charge is 0.303 e. The Morgan fingerprint density at radius 3 is 2.12 bits per heavy atom. The van der Waals surface area contributed by atoms with E-state index in [1.165, 1.54) is 0 Å². The molecule has 0 aromatic heterocycles. The molecule has 1 rings (SSSR count). The van der Waals surface area contributed by atoms with Gasteiger partial charge >= 0.3 is 5.97 Å². The highest BCUT2D eigenvalue weighted by molar-refractivity contribution is 5.77. The van der Waals surface area contributed by atoms with Crippen LogP contribution in [0.2, 0.25) is 0 Å². The van der Waals surface area contributed by atoms with E-state index in [0.29, 0.717) is 6.42 Å². The first kappa shape index (κ1) is 13.0. The minimum Gasteiger partial charge on any atom is -0.481 e. The molecule has 1 amide bonds. The van der Waals surface area contributed by atoms with E-state index in [4.69, 9.17) is 5.11 Å². The lowest BCUT2D eigenvalue weighted by atomic mass is 9.69. The zero-order valence-corrected chi connectivity index (χ0v) is 10.2. The number of hydrogen-bond donors (Lipinski definition) is 1. The van der Waals surface area contributed by atoms with Crippen LogP contribution in [0.3, 0.4) is 0 Å². The Hall–Kier alpha value is -1.06. The molecule has 0 bridgehead atoms. The molecule has 0 aromatic rings. The number of carboxylic acid groups (broad SMARTS) is 1. The van der Waals surface area contributed by atoms with Crippen LogP contribution in [0.25, 0.3) is 0 Å². The number of nitrogens with zero attached hydrogens (tertiary/aromatic N) is 1. The minimum absolute atomic E-state index is 0.0446. The third-order valence-electron chi connectivity index (χ3n) is 3.47. The molecule has 1 aliphatic carbocycles. The number of carbonyl (C=O) groups is 2. The van der Waals surface area contributed by atoms with Crippen LogP contribution in [0, 0.1) is 5.41 Å². The van der Waals surface area contributed by atoms with Crippen LogP contribution in [-0.2, 0) is 9.59 Å². The van der Waals surface area contributed by atoms with Crippen LogP contribution in [0.15, 0.2) is 0 Å². The molecular weight excluding hydrogens is 206 g/mol. The van der Waals surface area contributed by atoms with E-state index in [1.807, 2.05) is 0 Å². The van der Waals surface area contributed by atoms with Gasteiger partial charge in [0.1, 0.15) is 0 Å². The van der Waals surface area contributed by atoms with Crippen LogP contribution in [-0.4, -0.2) is 36.0 Å². The van der Waals surface area contributed by atoms with Crippen molar-refractivity contribution in [3.05, 3.63) is 0 Å². The molecule has 1 saturated carbocycles. The predicted molar refractivity (Wildman–Crippen MR) is 61.1 cm³/mol. The van der Waals surface area contributed by atoms with E-state index in [0.717, 1.165) is 32.1 Å². The Morgan fingerprint density at radius 2 is 1.69 bits per heavy atom. The molecule has 4 heteroatoms. The number of aliphatic carboxylic acids is 1. The number of rotatable bonds is 4. The van der Waals surface area contributed by atoms with E-state index in [2.05, 4.69) is 0 Å². The summed E-state index contributed by atoms with van der Waals surface area (Å²) in [5.74, 6) is -0.739. The lowest BCUT2D eigenvalue weighted by molar-refractivity contribution is -0.142. The maximum Gasteiger partial charge on any atom is 0.303 e. The summed E-state index contributed by atoms with van der Waals surface area (Å²) in [5, 5.41) is 8.96. The number of hydrogen-bond acceptors (Lipinski definition) is 2. The van der Waals surface area contributed by atoms with Crippen LogP contribution < -0.4 is 0 Å². The number of carboxylic acids is 1. The summed E-state index contributed by atoms with van der Waals surface area (Å²) in [6.07, 6.45) is 5.52. The molecule has 0 saturated heterocycles. The first-order chi connectivity index (χ1) is 7.45. The van der Waals surface area contributed by atoms with E-state index in [9.17, 15) is 9.59 Å². The Labute approximate surface area is 96.6 Å². The SMILES string of the molecule is CN(C)C(=O)CC1(CC(=O)O)CCCCC1. The van der Waals surface area contributed by atoms with Crippen LogP contribution in [0.4, 0.5) is 0 Å². The molecule has 1 fully saturated rings. The minimum atomic E-state index is -0.784. The van der Waals surface area contributed by atoms with Crippen molar-refractivity contribution in [1.29, 1.82) is 0 Å². The fourth-order valence-corrected chi connectivity index (χ4v) is 2.52. The average Bonchev–Trinajstić information content (AvgIpc) is 2.17. The summed E-state index contributed by atoms with van der Waals surface area (Å²) < 4.78 is 0. The van der Waals surface area contributed by atoms with Gasteiger partial charge in [-0.2, -0.15) is 0 Å². The van der Waals surface area contributed by atoms with Gasteiger partial charge in [0.05, 0.1) is 6.42 Å². The predicted octanol–water partition coefficient (Wildman–Crippen LogP) is 1.89. The van der Waals surface area contributed by atoms with Gasteiger partial charge in [0, 0.05) is 20.5 Å². The van der Waals surface area contributed by atoms with Crippen LogP contribution in [0.1, 0.15) is 44.9 Å². The standard InChI is InChI=1S/C12H21NO3/c1-13(2)10(14)8-12(9-11(15)16)6-4-3-5-7-12/h3-9H2,1-2H3,(H,15,16). The molecule has 1 aliphatic rings. The third kappa shape index (κ3) is 3.51. The molecular formula is C12H21NO3. The van der Waals surface area contributed by atoms with E-state index < -0.39 is 5.97 Å². The molecule has 0 atom stereocenters. The van der Waals surface area contributed by atoms with Crippen molar-refractivity contribution in [2.45, 2.75) is 44.9 Å². The Balaban J connectivity index is 2.69. The van der Waals surface area contributed by atoms with Crippen molar-refractivity contribution in [1.82, 2.24) is 4.90 Å². The van der Waals surface area contributed by atoms with Gasteiger partial charge in [-0.25, -0.2) is 0 Å². The van der Waals surface area contributed by atoms with Gasteiger partial charge in [-0.1, -0.05) is 19.3 Å². The van der Waals surface area contributed by atoms with E-state index in [-0.39, 0.29) is 17.7 Å². The van der Waals surface area contributed by atoms with Crippen LogP contribution in [0.5, 0.6) is 0 Å². The van der Waals surface area contributed by atoms with Gasteiger partial charge in [0.2, 0.25) is 5.91 Å². The first-order valence-electron chi connectivity index (χ1n) is 5.87. The van der Waals surface area contributed by atoms with Crippen molar-refractivity contribution in [3.63, 3.8) is 0 Å². The number of carbonyl (C=O) groups excluding carboxylic acids is 1. The average molecular weight is 227 g/mol.